The molecule has 7 heteroatoms. The first-order valence-electron chi connectivity index (χ1n) is 5.58. The summed E-state index contributed by atoms with van der Waals surface area (Å²) < 4.78 is 1.02. The van der Waals surface area contributed by atoms with Gasteiger partial charge in [0, 0.05) is 18.2 Å². The summed E-state index contributed by atoms with van der Waals surface area (Å²) in [7, 11) is 0. The van der Waals surface area contributed by atoms with Crippen LogP contribution in [0.1, 0.15) is 20.3 Å². The molecular formula is C11H15N3O4. The van der Waals surface area contributed by atoms with Crippen molar-refractivity contribution in [2.45, 2.75) is 32.9 Å². The Hall–Kier alpha value is -2.18. The minimum Gasteiger partial charge on any atom is -0.352 e. The molecule has 1 N–H and O–H groups in total. The molecular weight excluding hydrogens is 238 g/mol. The van der Waals surface area contributed by atoms with Crippen LogP contribution in [0.2, 0.25) is 0 Å². The normalized spacial score (nSPS) is 11.9. The van der Waals surface area contributed by atoms with Crippen LogP contribution in [0.15, 0.2) is 23.1 Å². The van der Waals surface area contributed by atoms with Gasteiger partial charge < -0.3 is 5.32 Å². The molecule has 1 atom stereocenters. The third-order valence-corrected chi connectivity index (χ3v) is 2.51. The van der Waals surface area contributed by atoms with Gasteiger partial charge in [0.25, 0.3) is 11.2 Å². The second-order valence-electron chi connectivity index (χ2n) is 3.99. The Morgan fingerprint density at radius 3 is 2.78 bits per heavy atom. The van der Waals surface area contributed by atoms with Gasteiger partial charge in [-0.25, -0.2) is 0 Å². The molecule has 7 nitrogen and oxygen atoms in total. The van der Waals surface area contributed by atoms with Gasteiger partial charge in [-0.05, 0) is 13.3 Å². The summed E-state index contributed by atoms with van der Waals surface area (Å²) in [5, 5.41) is 13.2. The highest BCUT2D eigenvalue weighted by molar-refractivity contribution is 5.76. The number of hydrogen-bond acceptors (Lipinski definition) is 4. The standard InChI is InChI=1S/C11H15N3O4/c1-3-8(2)12-10(15)7-13-6-9(14(17)18)4-5-11(13)16/h4-6,8H,3,7H2,1-2H3,(H,12,15). The Kier molecular flexibility index (Phi) is 4.59. The Balaban J connectivity index is 2.84. The maximum Gasteiger partial charge on any atom is 0.285 e. The van der Waals surface area contributed by atoms with E-state index in [9.17, 15) is 19.7 Å². The fourth-order valence-corrected chi connectivity index (χ4v) is 1.33. The van der Waals surface area contributed by atoms with Crippen LogP contribution >= 0.6 is 0 Å². The monoisotopic (exact) mass is 253 g/mol. The lowest BCUT2D eigenvalue weighted by molar-refractivity contribution is -0.385. The number of aromatic nitrogens is 1. The molecule has 0 saturated carbocycles. The molecule has 0 radical (unpaired) electrons. The van der Waals surface area contributed by atoms with Crippen molar-refractivity contribution in [3.05, 3.63) is 38.8 Å². The van der Waals surface area contributed by atoms with Gasteiger partial charge in [0.05, 0.1) is 11.1 Å². The summed E-state index contributed by atoms with van der Waals surface area (Å²) in [6, 6.07) is 2.20. The molecule has 0 aliphatic rings. The van der Waals surface area contributed by atoms with Crippen molar-refractivity contribution in [3.63, 3.8) is 0 Å². The number of nitro groups is 1. The van der Waals surface area contributed by atoms with Crippen molar-refractivity contribution >= 4 is 11.6 Å². The van der Waals surface area contributed by atoms with Gasteiger partial charge in [-0.1, -0.05) is 6.92 Å². The van der Waals surface area contributed by atoms with E-state index < -0.39 is 10.5 Å². The molecule has 0 aliphatic carbocycles. The topological polar surface area (TPSA) is 94.2 Å². The number of carbonyl (C=O) groups excluding carboxylic acids is 1. The van der Waals surface area contributed by atoms with E-state index in [0.29, 0.717) is 0 Å². The number of rotatable bonds is 5. The predicted molar refractivity (Wildman–Crippen MR) is 65.3 cm³/mol. The number of carbonyl (C=O) groups is 1. The lowest BCUT2D eigenvalue weighted by Crippen LogP contribution is -2.36. The first-order chi connectivity index (χ1) is 8.43. The molecule has 0 fully saturated rings. The molecule has 0 bridgehead atoms. The van der Waals surface area contributed by atoms with Crippen molar-refractivity contribution in [2.75, 3.05) is 0 Å². The molecule has 1 amide bonds. The molecule has 0 spiro atoms. The summed E-state index contributed by atoms with van der Waals surface area (Å²) in [5.41, 5.74) is -0.661. The van der Waals surface area contributed by atoms with Gasteiger partial charge in [0.1, 0.15) is 6.54 Å². The van der Waals surface area contributed by atoms with Crippen LogP contribution in [0, 0.1) is 10.1 Å². The second-order valence-corrected chi connectivity index (χ2v) is 3.99. The van der Waals surface area contributed by atoms with Crippen LogP contribution in [-0.2, 0) is 11.3 Å². The van der Waals surface area contributed by atoms with Gasteiger partial charge in [-0.2, -0.15) is 0 Å². The van der Waals surface area contributed by atoms with Gasteiger partial charge in [-0.3, -0.25) is 24.3 Å². The molecule has 1 aromatic rings. The molecule has 98 valence electrons. The van der Waals surface area contributed by atoms with Crippen molar-refractivity contribution in [1.82, 2.24) is 9.88 Å². The molecule has 0 aromatic carbocycles. The minimum atomic E-state index is -0.609. The summed E-state index contributed by atoms with van der Waals surface area (Å²) in [4.78, 5) is 33.0. The summed E-state index contributed by atoms with van der Waals surface area (Å²) in [6.45, 7) is 3.55. The van der Waals surface area contributed by atoms with Crippen LogP contribution in [-0.4, -0.2) is 21.4 Å². The van der Waals surface area contributed by atoms with E-state index >= 15 is 0 Å². The summed E-state index contributed by atoms with van der Waals surface area (Å²) in [6.07, 6.45) is 1.84. The highest BCUT2D eigenvalue weighted by atomic mass is 16.6. The molecule has 18 heavy (non-hydrogen) atoms. The minimum absolute atomic E-state index is 0.00639. The van der Waals surface area contributed by atoms with Crippen LogP contribution < -0.4 is 10.9 Å². The third-order valence-electron chi connectivity index (χ3n) is 2.51. The highest BCUT2D eigenvalue weighted by Gasteiger charge is 2.11. The lowest BCUT2D eigenvalue weighted by Gasteiger charge is -2.11. The largest absolute Gasteiger partial charge is 0.352 e. The molecule has 1 aromatic heterocycles. The maximum atomic E-state index is 11.6. The Morgan fingerprint density at radius 1 is 1.56 bits per heavy atom. The molecule has 1 unspecified atom stereocenters. The van der Waals surface area contributed by atoms with Crippen LogP contribution in [0.3, 0.4) is 0 Å². The van der Waals surface area contributed by atoms with E-state index in [0.717, 1.165) is 29.3 Å². The molecule has 1 heterocycles. The zero-order valence-corrected chi connectivity index (χ0v) is 10.3. The number of nitrogens with one attached hydrogen (secondary N) is 1. The SMILES string of the molecule is CCC(C)NC(=O)Cn1cc([N+](=O)[O-])ccc1=O. The van der Waals surface area contributed by atoms with E-state index in [-0.39, 0.29) is 24.2 Å². The van der Waals surface area contributed by atoms with E-state index in [1.165, 1.54) is 0 Å². The first kappa shape index (κ1) is 13.9. The highest BCUT2D eigenvalue weighted by Crippen LogP contribution is 2.06. The smallest absolute Gasteiger partial charge is 0.285 e. The van der Waals surface area contributed by atoms with Crippen molar-refractivity contribution < 1.29 is 9.72 Å². The average Bonchev–Trinajstić information content (AvgIpc) is 2.31. The van der Waals surface area contributed by atoms with Crippen molar-refractivity contribution in [2.24, 2.45) is 0 Å². The molecule has 0 saturated heterocycles. The van der Waals surface area contributed by atoms with E-state index in [2.05, 4.69) is 5.32 Å². The predicted octanol–water partition coefficient (Wildman–Crippen LogP) is 0.671. The van der Waals surface area contributed by atoms with Crippen LogP contribution in [0.4, 0.5) is 5.69 Å². The van der Waals surface area contributed by atoms with Gasteiger partial charge >= 0.3 is 0 Å². The second kappa shape index (κ2) is 5.95. The number of pyridine rings is 1. The fourth-order valence-electron chi connectivity index (χ4n) is 1.33. The third kappa shape index (κ3) is 3.69. The quantitative estimate of drug-likeness (QED) is 0.616. The van der Waals surface area contributed by atoms with Crippen LogP contribution in [0.5, 0.6) is 0 Å². The lowest BCUT2D eigenvalue weighted by atomic mass is 10.2. The van der Waals surface area contributed by atoms with Gasteiger partial charge in [0.2, 0.25) is 5.91 Å². The van der Waals surface area contributed by atoms with Gasteiger partial charge in [0.15, 0.2) is 0 Å². The summed E-state index contributed by atoms with van der Waals surface area (Å²) >= 11 is 0. The Bertz CT molecular complexity index is 509. The number of nitrogens with zero attached hydrogens (tertiary/aromatic N) is 2. The molecule has 1 rings (SSSR count). The first-order valence-corrected chi connectivity index (χ1v) is 5.58. The van der Waals surface area contributed by atoms with Gasteiger partial charge in [-0.15, -0.1) is 0 Å². The fraction of sp³-hybridized carbons (Fsp3) is 0.455. The van der Waals surface area contributed by atoms with Crippen molar-refractivity contribution in [1.29, 1.82) is 0 Å². The Labute approximate surface area is 104 Å². The zero-order chi connectivity index (χ0) is 13.7. The summed E-state index contributed by atoms with van der Waals surface area (Å²) in [5.74, 6) is -0.341. The van der Waals surface area contributed by atoms with E-state index in [1.54, 1.807) is 0 Å². The number of hydrogen-bond donors (Lipinski definition) is 1. The average molecular weight is 253 g/mol. The number of amides is 1. The zero-order valence-electron chi connectivity index (χ0n) is 10.3. The maximum absolute atomic E-state index is 11.6. The van der Waals surface area contributed by atoms with Crippen molar-refractivity contribution in [3.8, 4) is 0 Å². The molecule has 0 aliphatic heterocycles. The Morgan fingerprint density at radius 2 is 2.22 bits per heavy atom. The van der Waals surface area contributed by atoms with E-state index in [1.807, 2.05) is 13.8 Å². The van der Waals surface area contributed by atoms with Crippen LogP contribution in [0.25, 0.3) is 0 Å². The van der Waals surface area contributed by atoms with E-state index in [4.69, 9.17) is 0 Å².